The number of fused-ring (bicyclic) bond motifs is 1. The molecule has 1 aliphatic rings. The Balaban J connectivity index is 1.49. The first kappa shape index (κ1) is 16.8. The summed E-state index contributed by atoms with van der Waals surface area (Å²) < 4.78 is 7.80. The molecule has 0 aliphatic heterocycles. The zero-order chi connectivity index (χ0) is 16.9. The Morgan fingerprint density at radius 3 is 3.00 bits per heavy atom. The van der Waals surface area contributed by atoms with Gasteiger partial charge in [0.05, 0.1) is 18.8 Å². The molecule has 6 heteroatoms. The zero-order valence-corrected chi connectivity index (χ0v) is 14.8. The third-order valence-electron chi connectivity index (χ3n) is 4.37. The van der Waals surface area contributed by atoms with E-state index < -0.39 is 0 Å². The minimum atomic E-state index is 0.654. The fraction of sp³-hybridized carbons (Fsp3) is 0.556. The second-order valence-corrected chi connectivity index (χ2v) is 6.47. The Kier molecular flexibility index (Phi) is 5.35. The summed E-state index contributed by atoms with van der Waals surface area (Å²) in [6.45, 7) is 5.21. The van der Waals surface area contributed by atoms with Crippen LogP contribution in [-0.2, 0) is 11.3 Å². The summed E-state index contributed by atoms with van der Waals surface area (Å²) in [5.41, 5.74) is 3.16. The van der Waals surface area contributed by atoms with E-state index in [-0.39, 0.29) is 0 Å². The van der Waals surface area contributed by atoms with Gasteiger partial charge in [-0.3, -0.25) is 4.99 Å². The van der Waals surface area contributed by atoms with Crippen LogP contribution in [0.5, 0.6) is 0 Å². The maximum absolute atomic E-state index is 5.70. The maximum atomic E-state index is 5.70. The summed E-state index contributed by atoms with van der Waals surface area (Å²) in [5.74, 6) is 1.67. The summed E-state index contributed by atoms with van der Waals surface area (Å²) in [6, 6.07) is 6.14. The SMILES string of the molecule is CN=C(NCc1cn2c(C)cccc2n1)N(C)CCOCC1CC1. The largest absolute Gasteiger partial charge is 0.379 e. The molecule has 0 atom stereocenters. The van der Waals surface area contributed by atoms with Crippen molar-refractivity contribution >= 4 is 11.6 Å². The van der Waals surface area contributed by atoms with E-state index in [0.717, 1.165) is 43.0 Å². The van der Waals surface area contributed by atoms with Gasteiger partial charge in [0.2, 0.25) is 0 Å². The predicted octanol–water partition coefficient (Wildman–Crippen LogP) is 2.08. The molecule has 0 amide bonds. The van der Waals surface area contributed by atoms with E-state index in [1.54, 1.807) is 7.05 Å². The minimum Gasteiger partial charge on any atom is -0.379 e. The molecule has 0 bridgehead atoms. The highest BCUT2D eigenvalue weighted by Gasteiger charge is 2.21. The van der Waals surface area contributed by atoms with Crippen LogP contribution in [0.4, 0.5) is 0 Å². The summed E-state index contributed by atoms with van der Waals surface area (Å²) >= 11 is 0. The highest BCUT2D eigenvalue weighted by atomic mass is 16.5. The van der Waals surface area contributed by atoms with Gasteiger partial charge in [-0.05, 0) is 37.8 Å². The van der Waals surface area contributed by atoms with Crippen LogP contribution in [0, 0.1) is 12.8 Å². The first-order chi connectivity index (χ1) is 11.7. The Morgan fingerprint density at radius 2 is 2.29 bits per heavy atom. The van der Waals surface area contributed by atoms with E-state index in [2.05, 4.69) is 43.8 Å². The van der Waals surface area contributed by atoms with Crippen molar-refractivity contribution in [2.45, 2.75) is 26.3 Å². The van der Waals surface area contributed by atoms with Gasteiger partial charge < -0.3 is 19.4 Å². The Morgan fingerprint density at radius 1 is 1.46 bits per heavy atom. The van der Waals surface area contributed by atoms with Crippen molar-refractivity contribution < 1.29 is 4.74 Å². The number of nitrogens with one attached hydrogen (secondary N) is 1. The smallest absolute Gasteiger partial charge is 0.193 e. The molecule has 0 saturated heterocycles. The molecular formula is C18H27N5O. The average molecular weight is 329 g/mol. The summed E-state index contributed by atoms with van der Waals surface area (Å²) in [6.07, 6.45) is 4.73. The van der Waals surface area contributed by atoms with E-state index in [4.69, 9.17) is 4.74 Å². The first-order valence-corrected chi connectivity index (χ1v) is 8.60. The molecule has 6 nitrogen and oxygen atoms in total. The molecule has 2 aromatic heterocycles. The highest BCUT2D eigenvalue weighted by Crippen LogP contribution is 2.28. The zero-order valence-electron chi connectivity index (χ0n) is 14.8. The van der Waals surface area contributed by atoms with Gasteiger partial charge in [0.25, 0.3) is 0 Å². The van der Waals surface area contributed by atoms with E-state index >= 15 is 0 Å². The molecule has 1 N–H and O–H groups in total. The van der Waals surface area contributed by atoms with E-state index in [1.165, 1.54) is 18.5 Å². The normalized spacial score (nSPS) is 15.0. The van der Waals surface area contributed by atoms with Crippen molar-refractivity contribution in [2.24, 2.45) is 10.9 Å². The number of nitrogens with zero attached hydrogens (tertiary/aromatic N) is 4. The molecular weight excluding hydrogens is 302 g/mol. The lowest BCUT2D eigenvalue weighted by Crippen LogP contribution is -2.40. The molecule has 1 saturated carbocycles. The molecule has 130 valence electrons. The molecule has 2 heterocycles. The summed E-state index contributed by atoms with van der Waals surface area (Å²) in [4.78, 5) is 11.1. The number of hydrogen-bond acceptors (Lipinski definition) is 3. The second-order valence-electron chi connectivity index (χ2n) is 6.47. The molecule has 1 fully saturated rings. The van der Waals surface area contributed by atoms with Gasteiger partial charge in [-0.25, -0.2) is 4.98 Å². The molecule has 24 heavy (non-hydrogen) atoms. The van der Waals surface area contributed by atoms with Gasteiger partial charge in [0.1, 0.15) is 5.65 Å². The van der Waals surface area contributed by atoms with E-state index in [0.29, 0.717) is 6.54 Å². The fourth-order valence-corrected chi connectivity index (χ4v) is 2.68. The molecule has 0 spiro atoms. The van der Waals surface area contributed by atoms with Crippen molar-refractivity contribution in [1.82, 2.24) is 19.6 Å². The number of likely N-dealkylation sites (N-methyl/N-ethyl adjacent to an activating group) is 1. The van der Waals surface area contributed by atoms with Crippen LogP contribution < -0.4 is 5.32 Å². The quantitative estimate of drug-likeness (QED) is 0.480. The Hall–Kier alpha value is -2.08. The number of hydrogen-bond donors (Lipinski definition) is 1. The second kappa shape index (κ2) is 7.66. The molecule has 0 aromatic carbocycles. The third kappa shape index (κ3) is 4.26. The molecule has 1 aliphatic carbocycles. The van der Waals surface area contributed by atoms with Crippen LogP contribution in [0.25, 0.3) is 5.65 Å². The number of pyridine rings is 1. The average Bonchev–Trinajstić information content (AvgIpc) is 3.30. The van der Waals surface area contributed by atoms with Crippen molar-refractivity contribution in [3.63, 3.8) is 0 Å². The summed E-state index contributed by atoms with van der Waals surface area (Å²) in [5, 5.41) is 3.37. The molecule has 3 rings (SSSR count). The summed E-state index contributed by atoms with van der Waals surface area (Å²) in [7, 11) is 3.83. The lowest BCUT2D eigenvalue weighted by molar-refractivity contribution is 0.115. The van der Waals surface area contributed by atoms with Crippen molar-refractivity contribution in [3.8, 4) is 0 Å². The van der Waals surface area contributed by atoms with Crippen molar-refractivity contribution in [1.29, 1.82) is 0 Å². The molecule has 0 unspecified atom stereocenters. The van der Waals surface area contributed by atoms with Gasteiger partial charge in [0, 0.05) is 39.1 Å². The van der Waals surface area contributed by atoms with Gasteiger partial charge >= 0.3 is 0 Å². The van der Waals surface area contributed by atoms with E-state index in [9.17, 15) is 0 Å². The first-order valence-electron chi connectivity index (χ1n) is 8.60. The highest BCUT2D eigenvalue weighted by molar-refractivity contribution is 5.79. The monoisotopic (exact) mass is 329 g/mol. The number of imidazole rings is 1. The van der Waals surface area contributed by atoms with Gasteiger partial charge in [-0.15, -0.1) is 0 Å². The number of aromatic nitrogens is 2. The van der Waals surface area contributed by atoms with Crippen LogP contribution in [0.15, 0.2) is 29.4 Å². The fourth-order valence-electron chi connectivity index (χ4n) is 2.68. The van der Waals surface area contributed by atoms with Crippen LogP contribution in [0.3, 0.4) is 0 Å². The minimum absolute atomic E-state index is 0.654. The van der Waals surface area contributed by atoms with Crippen molar-refractivity contribution in [3.05, 3.63) is 35.8 Å². The number of guanidine groups is 1. The number of rotatable bonds is 7. The van der Waals surface area contributed by atoms with Crippen LogP contribution in [-0.4, -0.2) is 54.1 Å². The molecule has 0 radical (unpaired) electrons. The predicted molar refractivity (Wildman–Crippen MR) is 96.3 cm³/mol. The maximum Gasteiger partial charge on any atom is 0.193 e. The Labute approximate surface area is 143 Å². The standard InChI is InChI=1S/C18H27N5O/c1-14-5-4-6-17-21-16(12-23(14)17)11-20-18(19-2)22(3)9-10-24-13-15-7-8-15/h4-6,12,15H,7-11,13H2,1-3H3,(H,19,20). The Bertz CT molecular complexity index is 704. The number of aliphatic imine (C=N–C) groups is 1. The van der Waals surface area contributed by atoms with Gasteiger partial charge in [-0.1, -0.05) is 6.07 Å². The lowest BCUT2D eigenvalue weighted by atomic mass is 10.4. The van der Waals surface area contributed by atoms with Crippen LogP contribution in [0.2, 0.25) is 0 Å². The van der Waals surface area contributed by atoms with Gasteiger partial charge in [-0.2, -0.15) is 0 Å². The van der Waals surface area contributed by atoms with Crippen LogP contribution >= 0.6 is 0 Å². The topological polar surface area (TPSA) is 54.2 Å². The molecule has 2 aromatic rings. The number of ether oxygens (including phenoxy) is 1. The van der Waals surface area contributed by atoms with Crippen molar-refractivity contribution in [2.75, 3.05) is 33.9 Å². The van der Waals surface area contributed by atoms with E-state index in [1.807, 2.05) is 19.2 Å². The third-order valence-corrected chi connectivity index (χ3v) is 4.37. The lowest BCUT2D eigenvalue weighted by Gasteiger charge is -2.21. The van der Waals surface area contributed by atoms with Gasteiger partial charge in [0.15, 0.2) is 5.96 Å². The van der Waals surface area contributed by atoms with Crippen LogP contribution in [0.1, 0.15) is 24.2 Å². The number of aryl methyl sites for hydroxylation is 1.